The van der Waals surface area contributed by atoms with Crippen LogP contribution in [0, 0.1) is 39.5 Å². The Morgan fingerprint density at radius 2 is 1.12 bits per heavy atom. The number of carbonyl (C=O) groups excluding carboxylic acids is 2. The summed E-state index contributed by atoms with van der Waals surface area (Å²) in [4.78, 5) is 30.9. The molecule has 0 bridgehead atoms. The van der Waals surface area contributed by atoms with Crippen LogP contribution in [0.3, 0.4) is 0 Å². The highest BCUT2D eigenvalue weighted by Gasteiger charge is 2.41. The van der Waals surface area contributed by atoms with E-state index in [2.05, 4.69) is 10.3 Å². The van der Waals surface area contributed by atoms with Crippen LogP contribution in [0.15, 0.2) is 9.05 Å². The molecular weight excluding hydrogens is 408 g/mol. The van der Waals surface area contributed by atoms with E-state index in [-0.39, 0.29) is 23.9 Å². The Morgan fingerprint density at radius 3 is 1.38 bits per heavy atom. The summed E-state index contributed by atoms with van der Waals surface area (Å²) in [6.07, 6.45) is 4.02. The summed E-state index contributed by atoms with van der Waals surface area (Å²) in [5.41, 5.74) is 3.57. The molecule has 174 valence electrons. The van der Waals surface area contributed by atoms with Crippen LogP contribution < -0.4 is 0 Å². The van der Waals surface area contributed by atoms with Gasteiger partial charge in [-0.1, -0.05) is 24.2 Å². The van der Waals surface area contributed by atoms with Gasteiger partial charge in [0.25, 0.3) is 0 Å². The van der Waals surface area contributed by atoms with Crippen molar-refractivity contribution in [1.29, 1.82) is 0 Å². The highest BCUT2D eigenvalue weighted by molar-refractivity contribution is 5.88. The molecule has 2 unspecified atom stereocenters. The molecule has 0 spiro atoms. The van der Waals surface area contributed by atoms with Crippen molar-refractivity contribution in [2.24, 2.45) is 11.8 Å². The first-order valence-corrected chi connectivity index (χ1v) is 11.6. The lowest BCUT2D eigenvalue weighted by molar-refractivity contribution is -0.146. The smallest absolute Gasteiger partial charge is 0.226 e. The van der Waals surface area contributed by atoms with E-state index in [1.165, 1.54) is 0 Å². The Bertz CT molecular complexity index is 883. The number of rotatable bonds is 9. The zero-order valence-corrected chi connectivity index (χ0v) is 20.0. The number of hydrogen-bond acceptors (Lipinski definition) is 6. The van der Waals surface area contributed by atoms with Crippen molar-refractivity contribution < 1.29 is 18.6 Å². The summed E-state index contributed by atoms with van der Waals surface area (Å²) < 4.78 is 10.6. The minimum atomic E-state index is -0.408. The van der Waals surface area contributed by atoms with Crippen LogP contribution in [0.5, 0.6) is 0 Å². The van der Waals surface area contributed by atoms with Gasteiger partial charge in [0.2, 0.25) is 11.8 Å². The summed E-state index contributed by atoms with van der Waals surface area (Å²) in [7, 11) is 0. The number of aryl methyl sites for hydroxylation is 4. The topological polar surface area (TPSA) is 92.7 Å². The highest BCUT2D eigenvalue weighted by Crippen LogP contribution is 2.35. The molecule has 2 aliphatic carbocycles. The zero-order valence-electron chi connectivity index (χ0n) is 20.0. The molecule has 0 saturated heterocycles. The maximum atomic E-state index is 13.5. The molecule has 0 aromatic carbocycles. The third-order valence-corrected chi connectivity index (χ3v) is 7.09. The average Bonchev–Trinajstić information content (AvgIpc) is 3.69. The molecule has 2 aromatic heterocycles. The van der Waals surface area contributed by atoms with E-state index in [1.807, 2.05) is 51.3 Å². The third kappa shape index (κ3) is 4.45. The molecule has 8 nitrogen and oxygen atoms in total. The van der Waals surface area contributed by atoms with Crippen LogP contribution in [-0.4, -0.2) is 44.0 Å². The quantitative estimate of drug-likeness (QED) is 0.586. The standard InChI is InChI=1S/C24H34N4O4/c1-13(23(29)27(19-7-8-19)11-21-15(3)25-31-17(21)5)14(2)24(30)28(20-9-10-20)12-22-16(4)26-32-18(22)6/h13-14,19-20H,7-12H2,1-6H3. The van der Waals surface area contributed by atoms with Crippen molar-refractivity contribution in [3.63, 3.8) is 0 Å². The molecule has 2 aliphatic rings. The first-order chi connectivity index (χ1) is 15.2. The van der Waals surface area contributed by atoms with E-state index in [4.69, 9.17) is 9.05 Å². The van der Waals surface area contributed by atoms with Crippen LogP contribution in [0.4, 0.5) is 0 Å². The molecule has 2 amide bonds. The number of hydrogen-bond donors (Lipinski definition) is 0. The monoisotopic (exact) mass is 442 g/mol. The van der Waals surface area contributed by atoms with Crippen molar-refractivity contribution >= 4 is 11.8 Å². The van der Waals surface area contributed by atoms with Crippen molar-refractivity contribution in [3.8, 4) is 0 Å². The largest absolute Gasteiger partial charge is 0.361 e. The van der Waals surface area contributed by atoms with Crippen molar-refractivity contribution in [2.45, 2.75) is 92.4 Å². The fourth-order valence-electron chi connectivity index (χ4n) is 4.29. The summed E-state index contributed by atoms with van der Waals surface area (Å²) in [5, 5.41) is 8.06. The van der Waals surface area contributed by atoms with Gasteiger partial charge < -0.3 is 18.8 Å². The fraction of sp³-hybridized carbons (Fsp3) is 0.667. The van der Waals surface area contributed by atoms with Gasteiger partial charge in [0.15, 0.2) is 0 Å². The highest BCUT2D eigenvalue weighted by atomic mass is 16.5. The molecule has 0 aliphatic heterocycles. The van der Waals surface area contributed by atoms with Crippen molar-refractivity contribution in [1.82, 2.24) is 20.1 Å². The second-order valence-electron chi connectivity index (χ2n) is 9.58. The van der Waals surface area contributed by atoms with Crippen LogP contribution in [0.25, 0.3) is 0 Å². The second kappa shape index (κ2) is 8.71. The van der Waals surface area contributed by atoms with Crippen LogP contribution >= 0.6 is 0 Å². The van der Waals surface area contributed by atoms with Gasteiger partial charge in [-0.05, 0) is 53.4 Å². The van der Waals surface area contributed by atoms with Gasteiger partial charge >= 0.3 is 0 Å². The van der Waals surface area contributed by atoms with Crippen LogP contribution in [0.1, 0.15) is 73.6 Å². The average molecular weight is 443 g/mol. The Morgan fingerprint density at radius 1 is 0.781 bits per heavy atom. The predicted octanol–water partition coefficient (Wildman–Crippen LogP) is 3.85. The van der Waals surface area contributed by atoms with Gasteiger partial charge in [0.1, 0.15) is 11.5 Å². The first-order valence-electron chi connectivity index (χ1n) is 11.6. The van der Waals surface area contributed by atoms with Crippen molar-refractivity contribution in [3.05, 3.63) is 34.0 Å². The van der Waals surface area contributed by atoms with E-state index in [0.717, 1.165) is 59.7 Å². The predicted molar refractivity (Wildman–Crippen MR) is 117 cm³/mol. The Hall–Kier alpha value is -2.64. The minimum Gasteiger partial charge on any atom is -0.361 e. The van der Waals surface area contributed by atoms with E-state index in [9.17, 15) is 9.59 Å². The molecule has 2 saturated carbocycles. The number of amides is 2. The Balaban J connectivity index is 1.48. The lowest BCUT2D eigenvalue weighted by atomic mass is 9.92. The molecular formula is C24H34N4O4. The molecule has 2 heterocycles. The summed E-state index contributed by atoms with van der Waals surface area (Å²) in [5.74, 6) is 0.737. The molecule has 4 rings (SSSR count). The van der Waals surface area contributed by atoms with Gasteiger partial charge in [-0.15, -0.1) is 0 Å². The molecule has 2 aromatic rings. The zero-order chi connectivity index (χ0) is 23.2. The van der Waals surface area contributed by atoms with Gasteiger partial charge in [-0.3, -0.25) is 9.59 Å². The Kier molecular flexibility index (Phi) is 6.14. The lowest BCUT2D eigenvalue weighted by Gasteiger charge is -2.31. The first kappa shape index (κ1) is 22.6. The molecule has 0 radical (unpaired) electrons. The Labute approximate surface area is 189 Å². The fourth-order valence-corrected chi connectivity index (χ4v) is 4.29. The minimum absolute atomic E-state index is 0.0291. The van der Waals surface area contributed by atoms with Gasteiger partial charge in [0.05, 0.1) is 24.5 Å². The number of aromatic nitrogens is 2. The summed E-state index contributed by atoms with van der Waals surface area (Å²) in [6, 6.07) is 0.477. The maximum absolute atomic E-state index is 13.5. The van der Waals surface area contributed by atoms with E-state index in [0.29, 0.717) is 13.1 Å². The SMILES string of the molecule is Cc1noc(C)c1CN(C(=O)C(C)C(C)C(=O)N(Cc1c(C)noc1C)C1CC1)C1CC1. The van der Waals surface area contributed by atoms with Crippen LogP contribution in [-0.2, 0) is 22.7 Å². The maximum Gasteiger partial charge on any atom is 0.226 e. The van der Waals surface area contributed by atoms with E-state index in [1.54, 1.807) is 0 Å². The van der Waals surface area contributed by atoms with Crippen molar-refractivity contribution in [2.75, 3.05) is 0 Å². The molecule has 2 fully saturated rings. The molecule has 8 heteroatoms. The summed E-state index contributed by atoms with van der Waals surface area (Å²) in [6.45, 7) is 12.3. The molecule has 32 heavy (non-hydrogen) atoms. The number of carbonyl (C=O) groups is 2. The van der Waals surface area contributed by atoms with Gasteiger partial charge in [-0.2, -0.15) is 0 Å². The van der Waals surface area contributed by atoms with E-state index < -0.39 is 11.8 Å². The second-order valence-corrected chi connectivity index (χ2v) is 9.58. The normalized spacial score (nSPS) is 17.8. The lowest BCUT2D eigenvalue weighted by Crippen LogP contribution is -2.44. The van der Waals surface area contributed by atoms with Gasteiger partial charge in [0, 0.05) is 35.0 Å². The molecule has 2 atom stereocenters. The van der Waals surface area contributed by atoms with Crippen LogP contribution in [0.2, 0.25) is 0 Å². The van der Waals surface area contributed by atoms with E-state index >= 15 is 0 Å². The molecule has 0 N–H and O–H groups in total. The number of nitrogens with zero attached hydrogens (tertiary/aromatic N) is 4. The third-order valence-electron chi connectivity index (χ3n) is 7.09. The summed E-state index contributed by atoms with van der Waals surface area (Å²) >= 11 is 0. The van der Waals surface area contributed by atoms with Gasteiger partial charge in [-0.25, -0.2) is 0 Å².